The zero-order valence-electron chi connectivity index (χ0n) is 10.2. The Labute approximate surface area is 97.7 Å². The minimum atomic E-state index is 0.563. The second-order valence-electron chi connectivity index (χ2n) is 5.04. The van der Waals surface area contributed by atoms with E-state index in [0.717, 1.165) is 17.4 Å². The van der Waals surface area contributed by atoms with E-state index >= 15 is 0 Å². The molecule has 1 aliphatic rings. The molecule has 2 unspecified atom stereocenters. The molecule has 3 nitrogen and oxygen atoms in total. The molecule has 0 spiro atoms. The predicted molar refractivity (Wildman–Crippen MR) is 66.4 cm³/mol. The number of aromatic nitrogens is 2. The standard InChI is InChI=1S/C13H21N3/c1-10-4-3-5-12(7-6-10)16-13-14-8-11(2)9-15-13/h8-10,12H,3-7H2,1-2H3,(H,14,15,16). The molecule has 16 heavy (non-hydrogen) atoms. The molecule has 3 heteroatoms. The van der Waals surface area contributed by atoms with E-state index < -0.39 is 0 Å². The molecule has 88 valence electrons. The van der Waals surface area contributed by atoms with E-state index in [1.807, 2.05) is 19.3 Å². The van der Waals surface area contributed by atoms with Crippen LogP contribution in [0.3, 0.4) is 0 Å². The number of rotatable bonds is 2. The van der Waals surface area contributed by atoms with E-state index in [4.69, 9.17) is 0 Å². The van der Waals surface area contributed by atoms with Crippen LogP contribution >= 0.6 is 0 Å². The van der Waals surface area contributed by atoms with Crippen LogP contribution < -0.4 is 5.32 Å². The summed E-state index contributed by atoms with van der Waals surface area (Å²) < 4.78 is 0. The molecule has 0 aromatic carbocycles. The van der Waals surface area contributed by atoms with Crippen molar-refractivity contribution in [1.82, 2.24) is 9.97 Å². The Balaban J connectivity index is 1.91. The fourth-order valence-electron chi connectivity index (χ4n) is 2.28. The molecule has 2 atom stereocenters. The van der Waals surface area contributed by atoms with Crippen molar-refractivity contribution in [3.05, 3.63) is 18.0 Å². The number of anilines is 1. The number of hydrogen-bond donors (Lipinski definition) is 1. The summed E-state index contributed by atoms with van der Waals surface area (Å²) in [4.78, 5) is 8.60. The van der Waals surface area contributed by atoms with Gasteiger partial charge in [-0.1, -0.05) is 19.8 Å². The van der Waals surface area contributed by atoms with Gasteiger partial charge >= 0.3 is 0 Å². The van der Waals surface area contributed by atoms with Crippen molar-refractivity contribution >= 4 is 5.95 Å². The summed E-state index contributed by atoms with van der Waals surface area (Å²) in [5.74, 6) is 1.66. The first-order valence-corrected chi connectivity index (χ1v) is 6.29. The smallest absolute Gasteiger partial charge is 0.222 e. The molecule has 1 aromatic rings. The van der Waals surface area contributed by atoms with E-state index in [2.05, 4.69) is 22.2 Å². The maximum absolute atomic E-state index is 4.30. The first-order valence-electron chi connectivity index (χ1n) is 6.29. The summed E-state index contributed by atoms with van der Waals surface area (Å²) in [7, 11) is 0. The number of aryl methyl sites for hydroxylation is 1. The lowest BCUT2D eigenvalue weighted by Crippen LogP contribution is -2.20. The van der Waals surface area contributed by atoms with Crippen LogP contribution in [0.25, 0.3) is 0 Å². The van der Waals surface area contributed by atoms with Gasteiger partial charge in [-0.05, 0) is 37.7 Å². The molecule has 0 radical (unpaired) electrons. The van der Waals surface area contributed by atoms with Gasteiger partial charge in [0.05, 0.1) is 0 Å². The number of nitrogens with one attached hydrogen (secondary N) is 1. The summed E-state index contributed by atoms with van der Waals surface area (Å²) >= 11 is 0. The fourth-order valence-corrected chi connectivity index (χ4v) is 2.28. The Bertz CT molecular complexity index is 320. The van der Waals surface area contributed by atoms with Gasteiger partial charge in [-0.2, -0.15) is 0 Å². The highest BCUT2D eigenvalue weighted by Crippen LogP contribution is 2.24. The zero-order valence-corrected chi connectivity index (χ0v) is 10.2. The summed E-state index contributed by atoms with van der Waals surface area (Å²) in [6, 6.07) is 0.563. The van der Waals surface area contributed by atoms with Crippen molar-refractivity contribution in [3.8, 4) is 0 Å². The average Bonchev–Trinajstić information content (AvgIpc) is 2.47. The van der Waals surface area contributed by atoms with Gasteiger partial charge in [-0.25, -0.2) is 9.97 Å². The molecular formula is C13H21N3. The largest absolute Gasteiger partial charge is 0.351 e. The molecule has 0 bridgehead atoms. The summed E-state index contributed by atoms with van der Waals surface area (Å²) in [6.07, 6.45) is 10.3. The van der Waals surface area contributed by atoms with E-state index in [1.54, 1.807) is 0 Å². The van der Waals surface area contributed by atoms with Crippen LogP contribution in [0.2, 0.25) is 0 Å². The molecule has 2 rings (SSSR count). The monoisotopic (exact) mass is 219 g/mol. The van der Waals surface area contributed by atoms with Gasteiger partial charge in [0.2, 0.25) is 5.95 Å². The molecule has 1 N–H and O–H groups in total. The third-order valence-corrected chi connectivity index (χ3v) is 3.37. The molecule has 0 amide bonds. The lowest BCUT2D eigenvalue weighted by atomic mass is 10.0. The quantitative estimate of drug-likeness (QED) is 0.776. The Morgan fingerprint density at radius 2 is 1.88 bits per heavy atom. The summed E-state index contributed by atoms with van der Waals surface area (Å²) in [5, 5.41) is 3.45. The minimum absolute atomic E-state index is 0.563. The molecule has 0 saturated heterocycles. The fraction of sp³-hybridized carbons (Fsp3) is 0.692. The van der Waals surface area contributed by atoms with Crippen LogP contribution in [-0.2, 0) is 0 Å². The highest BCUT2D eigenvalue weighted by Gasteiger charge is 2.16. The average molecular weight is 219 g/mol. The van der Waals surface area contributed by atoms with Gasteiger partial charge in [-0.15, -0.1) is 0 Å². The third kappa shape index (κ3) is 3.19. The van der Waals surface area contributed by atoms with Gasteiger partial charge in [0, 0.05) is 18.4 Å². The number of hydrogen-bond acceptors (Lipinski definition) is 3. The summed E-state index contributed by atoms with van der Waals surface area (Å²) in [6.45, 7) is 4.36. The van der Waals surface area contributed by atoms with Gasteiger partial charge in [0.25, 0.3) is 0 Å². The van der Waals surface area contributed by atoms with E-state index in [9.17, 15) is 0 Å². The summed E-state index contributed by atoms with van der Waals surface area (Å²) in [5.41, 5.74) is 1.11. The Kier molecular flexibility index (Phi) is 3.75. The van der Waals surface area contributed by atoms with Gasteiger partial charge in [0.15, 0.2) is 0 Å². The molecule has 1 fully saturated rings. The van der Waals surface area contributed by atoms with Crippen LogP contribution in [0.5, 0.6) is 0 Å². The molecule has 1 saturated carbocycles. The van der Waals surface area contributed by atoms with Crippen molar-refractivity contribution < 1.29 is 0 Å². The maximum atomic E-state index is 4.30. The highest BCUT2D eigenvalue weighted by molar-refractivity contribution is 5.25. The second-order valence-corrected chi connectivity index (χ2v) is 5.04. The van der Waals surface area contributed by atoms with E-state index in [1.165, 1.54) is 32.1 Å². The van der Waals surface area contributed by atoms with Crippen LogP contribution in [0.15, 0.2) is 12.4 Å². The van der Waals surface area contributed by atoms with Crippen molar-refractivity contribution in [2.75, 3.05) is 5.32 Å². The Morgan fingerprint density at radius 1 is 1.12 bits per heavy atom. The zero-order chi connectivity index (χ0) is 11.4. The first-order chi connectivity index (χ1) is 7.74. The Morgan fingerprint density at radius 3 is 2.62 bits per heavy atom. The van der Waals surface area contributed by atoms with Crippen LogP contribution in [0.1, 0.15) is 44.6 Å². The van der Waals surface area contributed by atoms with Crippen molar-refractivity contribution in [2.24, 2.45) is 5.92 Å². The number of nitrogens with zero attached hydrogens (tertiary/aromatic N) is 2. The molecule has 1 heterocycles. The molecular weight excluding hydrogens is 198 g/mol. The lowest BCUT2D eigenvalue weighted by Gasteiger charge is -2.16. The Hall–Kier alpha value is -1.12. The van der Waals surface area contributed by atoms with Gasteiger partial charge in [0.1, 0.15) is 0 Å². The van der Waals surface area contributed by atoms with Crippen molar-refractivity contribution in [1.29, 1.82) is 0 Å². The van der Waals surface area contributed by atoms with E-state index in [0.29, 0.717) is 6.04 Å². The van der Waals surface area contributed by atoms with Gasteiger partial charge in [-0.3, -0.25) is 0 Å². The third-order valence-electron chi connectivity index (χ3n) is 3.37. The minimum Gasteiger partial charge on any atom is -0.351 e. The van der Waals surface area contributed by atoms with Crippen molar-refractivity contribution in [2.45, 2.75) is 52.0 Å². The first kappa shape index (κ1) is 11.4. The SMILES string of the molecule is Cc1cnc(NC2CCCC(C)CC2)nc1. The second kappa shape index (κ2) is 5.28. The molecule has 1 aromatic heterocycles. The van der Waals surface area contributed by atoms with Crippen molar-refractivity contribution in [3.63, 3.8) is 0 Å². The van der Waals surface area contributed by atoms with Gasteiger partial charge < -0.3 is 5.32 Å². The van der Waals surface area contributed by atoms with Crippen LogP contribution in [0, 0.1) is 12.8 Å². The highest BCUT2D eigenvalue weighted by atomic mass is 15.1. The van der Waals surface area contributed by atoms with Crippen LogP contribution in [0.4, 0.5) is 5.95 Å². The molecule has 0 aliphatic heterocycles. The topological polar surface area (TPSA) is 37.8 Å². The maximum Gasteiger partial charge on any atom is 0.222 e. The van der Waals surface area contributed by atoms with E-state index in [-0.39, 0.29) is 0 Å². The predicted octanol–water partition coefficient (Wildman–Crippen LogP) is 3.17. The molecule has 1 aliphatic carbocycles. The normalized spacial score (nSPS) is 26.1. The van der Waals surface area contributed by atoms with Crippen LogP contribution in [-0.4, -0.2) is 16.0 Å². The lowest BCUT2D eigenvalue weighted by molar-refractivity contribution is 0.501.